The van der Waals surface area contributed by atoms with Crippen molar-refractivity contribution >= 4 is 23.2 Å². The Morgan fingerprint density at radius 3 is 2.95 bits per heavy atom. The molecule has 2 N–H and O–H groups in total. The fourth-order valence-electron chi connectivity index (χ4n) is 2.67. The maximum absolute atomic E-state index is 12.0. The smallest absolute Gasteiger partial charge is 0.317 e. The molecule has 1 aromatic rings. The maximum Gasteiger partial charge on any atom is 0.317 e. The summed E-state index contributed by atoms with van der Waals surface area (Å²) in [4.78, 5) is 28.7. The molecule has 0 bridgehead atoms. The third-order valence-corrected chi connectivity index (χ3v) is 4.10. The van der Waals surface area contributed by atoms with Crippen LogP contribution >= 0.6 is 11.3 Å². The number of aliphatic carboxylic acids is 1. The molecular formula is C13H19N3O3S. The Hall–Kier alpha value is -1.47. The number of aromatic nitrogens is 1. The van der Waals surface area contributed by atoms with Gasteiger partial charge in [0.2, 0.25) is 0 Å². The molecule has 2 atom stereocenters. The molecule has 1 saturated heterocycles. The van der Waals surface area contributed by atoms with E-state index in [1.54, 1.807) is 10.9 Å². The summed E-state index contributed by atoms with van der Waals surface area (Å²) in [5.41, 5.74) is 2.06. The number of carbonyl (C=O) groups excluding carboxylic acids is 1. The second kappa shape index (κ2) is 6.81. The fraction of sp³-hybridized carbons (Fsp3) is 0.615. The Morgan fingerprint density at radius 2 is 2.35 bits per heavy atom. The molecule has 1 aliphatic heterocycles. The SMILES string of the molecule is CCC[C@@H]1CN(CC(=O)O)C[C@H]1NC(=O)c1cscn1. The van der Waals surface area contributed by atoms with E-state index in [-0.39, 0.29) is 18.5 Å². The molecular weight excluding hydrogens is 278 g/mol. The van der Waals surface area contributed by atoms with Gasteiger partial charge in [-0.25, -0.2) is 4.98 Å². The lowest BCUT2D eigenvalue weighted by molar-refractivity contribution is -0.138. The van der Waals surface area contributed by atoms with E-state index in [9.17, 15) is 9.59 Å². The van der Waals surface area contributed by atoms with Crippen molar-refractivity contribution in [2.24, 2.45) is 5.92 Å². The van der Waals surface area contributed by atoms with E-state index in [1.165, 1.54) is 11.3 Å². The molecule has 1 aromatic heterocycles. The second-order valence-electron chi connectivity index (χ2n) is 5.09. The molecule has 1 aliphatic rings. The number of rotatable bonds is 6. The number of nitrogens with zero attached hydrogens (tertiary/aromatic N) is 2. The molecule has 110 valence electrons. The first-order chi connectivity index (χ1) is 9.60. The van der Waals surface area contributed by atoms with E-state index in [4.69, 9.17) is 5.11 Å². The predicted molar refractivity (Wildman–Crippen MR) is 75.8 cm³/mol. The van der Waals surface area contributed by atoms with Gasteiger partial charge in [0, 0.05) is 24.5 Å². The standard InChI is InChI=1S/C13H19N3O3S/c1-2-3-9-4-16(6-12(17)18)5-10(9)15-13(19)11-7-20-8-14-11/h7-10H,2-6H2,1H3,(H,15,19)(H,17,18)/t9-,10-/m1/s1. The van der Waals surface area contributed by atoms with Crippen molar-refractivity contribution in [3.63, 3.8) is 0 Å². The topological polar surface area (TPSA) is 82.5 Å². The third-order valence-electron chi connectivity index (χ3n) is 3.52. The van der Waals surface area contributed by atoms with Gasteiger partial charge in [-0.05, 0) is 12.3 Å². The fourth-order valence-corrected chi connectivity index (χ4v) is 3.21. The van der Waals surface area contributed by atoms with Crippen LogP contribution < -0.4 is 5.32 Å². The number of thiazole rings is 1. The molecule has 6 nitrogen and oxygen atoms in total. The molecule has 7 heteroatoms. The number of carboxylic acid groups (broad SMARTS) is 1. The van der Waals surface area contributed by atoms with E-state index in [0.717, 1.165) is 19.4 Å². The molecule has 0 radical (unpaired) electrons. The summed E-state index contributed by atoms with van der Waals surface area (Å²) in [6, 6.07) is 0.00324. The number of carbonyl (C=O) groups is 2. The molecule has 0 aromatic carbocycles. The average molecular weight is 297 g/mol. The molecule has 2 rings (SSSR count). The zero-order valence-corrected chi connectivity index (χ0v) is 12.2. The number of amides is 1. The second-order valence-corrected chi connectivity index (χ2v) is 5.81. The Morgan fingerprint density at radius 1 is 1.55 bits per heavy atom. The van der Waals surface area contributed by atoms with Crippen molar-refractivity contribution < 1.29 is 14.7 Å². The normalized spacial score (nSPS) is 22.9. The van der Waals surface area contributed by atoms with E-state index in [2.05, 4.69) is 17.2 Å². The van der Waals surface area contributed by atoms with Gasteiger partial charge in [-0.1, -0.05) is 13.3 Å². The van der Waals surface area contributed by atoms with Gasteiger partial charge in [-0.3, -0.25) is 14.5 Å². The minimum absolute atomic E-state index is 0.00324. The van der Waals surface area contributed by atoms with E-state index < -0.39 is 5.97 Å². The summed E-state index contributed by atoms with van der Waals surface area (Å²) in [6.07, 6.45) is 2.01. The number of hydrogen-bond acceptors (Lipinski definition) is 5. The maximum atomic E-state index is 12.0. The summed E-state index contributed by atoms with van der Waals surface area (Å²) < 4.78 is 0. The first-order valence-electron chi connectivity index (χ1n) is 6.73. The quantitative estimate of drug-likeness (QED) is 0.820. The average Bonchev–Trinajstić information content (AvgIpc) is 3.00. The van der Waals surface area contributed by atoms with E-state index >= 15 is 0 Å². The summed E-state index contributed by atoms with van der Waals surface area (Å²) in [5, 5.41) is 13.6. The van der Waals surface area contributed by atoms with Crippen molar-refractivity contribution in [1.82, 2.24) is 15.2 Å². The predicted octanol–water partition coefficient (Wildman–Crippen LogP) is 1.06. The molecule has 0 spiro atoms. The van der Waals surface area contributed by atoms with Crippen molar-refractivity contribution in [3.05, 3.63) is 16.6 Å². The summed E-state index contributed by atoms with van der Waals surface area (Å²) in [5.74, 6) is -0.691. The third kappa shape index (κ3) is 3.77. The lowest BCUT2D eigenvalue weighted by atomic mass is 9.98. The summed E-state index contributed by atoms with van der Waals surface area (Å²) >= 11 is 1.39. The largest absolute Gasteiger partial charge is 0.480 e. The highest BCUT2D eigenvalue weighted by Gasteiger charge is 2.34. The lowest BCUT2D eigenvalue weighted by Gasteiger charge is -2.18. The zero-order valence-electron chi connectivity index (χ0n) is 11.4. The van der Waals surface area contributed by atoms with Crippen LogP contribution in [0.4, 0.5) is 0 Å². The van der Waals surface area contributed by atoms with Crippen molar-refractivity contribution in [2.75, 3.05) is 19.6 Å². The van der Waals surface area contributed by atoms with Crippen LogP contribution in [-0.2, 0) is 4.79 Å². The van der Waals surface area contributed by atoms with E-state index in [0.29, 0.717) is 18.2 Å². The van der Waals surface area contributed by atoms with Gasteiger partial charge in [0.15, 0.2) is 0 Å². The van der Waals surface area contributed by atoms with Crippen LogP contribution in [0.5, 0.6) is 0 Å². The van der Waals surface area contributed by atoms with Gasteiger partial charge in [0.1, 0.15) is 5.69 Å². The van der Waals surface area contributed by atoms with Crippen molar-refractivity contribution in [2.45, 2.75) is 25.8 Å². The highest BCUT2D eigenvalue weighted by Crippen LogP contribution is 2.22. The van der Waals surface area contributed by atoms with Crippen LogP contribution in [-0.4, -0.2) is 52.5 Å². The van der Waals surface area contributed by atoms with Gasteiger partial charge in [-0.2, -0.15) is 0 Å². The van der Waals surface area contributed by atoms with Crippen LogP contribution in [0.1, 0.15) is 30.3 Å². The minimum atomic E-state index is -0.827. The lowest BCUT2D eigenvalue weighted by Crippen LogP contribution is -2.41. The van der Waals surface area contributed by atoms with Crippen LogP contribution in [0.15, 0.2) is 10.9 Å². The van der Waals surface area contributed by atoms with Crippen LogP contribution in [0.25, 0.3) is 0 Å². The van der Waals surface area contributed by atoms with Gasteiger partial charge in [0.05, 0.1) is 12.1 Å². The minimum Gasteiger partial charge on any atom is -0.480 e. The van der Waals surface area contributed by atoms with Crippen LogP contribution in [0, 0.1) is 5.92 Å². The monoisotopic (exact) mass is 297 g/mol. The molecule has 2 heterocycles. The van der Waals surface area contributed by atoms with Crippen molar-refractivity contribution in [3.8, 4) is 0 Å². The Kier molecular flexibility index (Phi) is 5.08. The summed E-state index contributed by atoms with van der Waals surface area (Å²) in [7, 11) is 0. The van der Waals surface area contributed by atoms with Gasteiger partial charge < -0.3 is 10.4 Å². The zero-order chi connectivity index (χ0) is 14.5. The van der Waals surface area contributed by atoms with Gasteiger partial charge in [-0.15, -0.1) is 11.3 Å². The summed E-state index contributed by atoms with van der Waals surface area (Å²) in [6.45, 7) is 3.44. The van der Waals surface area contributed by atoms with Gasteiger partial charge >= 0.3 is 5.97 Å². The molecule has 20 heavy (non-hydrogen) atoms. The molecule has 1 amide bonds. The Bertz CT molecular complexity index is 463. The van der Waals surface area contributed by atoms with Gasteiger partial charge in [0.25, 0.3) is 5.91 Å². The highest BCUT2D eigenvalue weighted by molar-refractivity contribution is 7.07. The van der Waals surface area contributed by atoms with Crippen LogP contribution in [0.3, 0.4) is 0 Å². The Labute approximate surface area is 121 Å². The molecule has 0 saturated carbocycles. The Balaban J connectivity index is 1.97. The number of likely N-dealkylation sites (tertiary alicyclic amines) is 1. The number of carboxylic acids is 1. The molecule has 1 fully saturated rings. The van der Waals surface area contributed by atoms with Crippen molar-refractivity contribution in [1.29, 1.82) is 0 Å². The number of hydrogen-bond donors (Lipinski definition) is 2. The first-order valence-corrected chi connectivity index (χ1v) is 7.67. The highest BCUT2D eigenvalue weighted by atomic mass is 32.1. The first kappa shape index (κ1) is 14.9. The molecule has 0 unspecified atom stereocenters. The number of nitrogens with one attached hydrogen (secondary N) is 1. The molecule has 0 aliphatic carbocycles. The van der Waals surface area contributed by atoms with Crippen LogP contribution in [0.2, 0.25) is 0 Å². The van der Waals surface area contributed by atoms with E-state index in [1.807, 2.05) is 4.90 Å².